The molecule has 0 saturated carbocycles. The van der Waals surface area contributed by atoms with Crippen LogP contribution >= 0.6 is 0 Å². The van der Waals surface area contributed by atoms with Crippen LogP contribution in [0, 0.1) is 20.8 Å². The van der Waals surface area contributed by atoms with Crippen LogP contribution < -0.4 is 10.2 Å². The Morgan fingerprint density at radius 3 is 2.52 bits per heavy atom. The van der Waals surface area contributed by atoms with Crippen molar-refractivity contribution in [2.45, 2.75) is 34.2 Å². The largest absolute Gasteiger partial charge is 0.462 e. The van der Waals surface area contributed by atoms with E-state index in [-0.39, 0.29) is 5.97 Å². The lowest BCUT2D eigenvalue weighted by Gasteiger charge is -2.13. The Balaban J connectivity index is 2.06. The maximum Gasteiger partial charge on any atom is 0.338 e. The number of esters is 1. The molecule has 1 N–H and O–H groups in total. The average Bonchev–Trinajstić information content (AvgIpc) is 2.96. The van der Waals surface area contributed by atoms with Crippen LogP contribution in [-0.2, 0) is 11.3 Å². The normalized spacial score (nSPS) is 10.9. The van der Waals surface area contributed by atoms with Crippen LogP contribution in [0.2, 0.25) is 0 Å². The molecule has 27 heavy (non-hydrogen) atoms. The van der Waals surface area contributed by atoms with Gasteiger partial charge in [0, 0.05) is 6.54 Å². The van der Waals surface area contributed by atoms with Crippen molar-refractivity contribution >= 4 is 22.7 Å². The summed E-state index contributed by atoms with van der Waals surface area (Å²) in [6.45, 7) is 8.81. The first-order valence-corrected chi connectivity index (χ1v) is 9.00. The summed E-state index contributed by atoms with van der Waals surface area (Å²) in [5.74, 6) is 0.347. The fraction of sp³-hybridized carbons (Fsp3) is 0.333. The first kappa shape index (κ1) is 18.8. The van der Waals surface area contributed by atoms with Gasteiger partial charge in [0.1, 0.15) is 24.0 Å². The third-order valence-corrected chi connectivity index (χ3v) is 4.67. The van der Waals surface area contributed by atoms with Crippen LogP contribution in [0.1, 0.15) is 39.8 Å². The number of aromatic nitrogens is 2. The molecule has 1 heterocycles. The maximum atomic E-state index is 12.3. The minimum Gasteiger partial charge on any atom is -0.462 e. The van der Waals surface area contributed by atoms with E-state index in [1.807, 2.05) is 6.92 Å². The van der Waals surface area contributed by atoms with Crippen LogP contribution in [0.25, 0.3) is 11.0 Å². The smallest absolute Gasteiger partial charge is 0.338 e. The molecule has 2 aromatic carbocycles. The van der Waals surface area contributed by atoms with Crippen LogP contribution in [0.5, 0.6) is 0 Å². The van der Waals surface area contributed by atoms with Crippen molar-refractivity contribution in [1.82, 2.24) is 9.71 Å². The zero-order valence-electron chi connectivity index (χ0n) is 16.4. The summed E-state index contributed by atoms with van der Waals surface area (Å²) in [6.07, 6.45) is 0. The molecule has 0 fully saturated rings. The second-order valence-corrected chi connectivity index (χ2v) is 6.47. The van der Waals surface area contributed by atoms with Gasteiger partial charge < -0.3 is 14.9 Å². The third-order valence-electron chi connectivity index (χ3n) is 4.67. The molecular formula is C21H25N3O3. The number of aryl methyl sites for hydroxylation is 3. The molecule has 0 aliphatic heterocycles. The van der Waals surface area contributed by atoms with E-state index < -0.39 is 0 Å². The highest BCUT2D eigenvalue weighted by Gasteiger charge is 2.17. The zero-order chi connectivity index (χ0) is 19.6. The molecule has 0 bridgehead atoms. The molecule has 0 aliphatic carbocycles. The van der Waals surface area contributed by atoms with Gasteiger partial charge in [-0.25, -0.2) is 9.78 Å². The number of fused-ring (bicyclic) bond motifs is 1. The van der Waals surface area contributed by atoms with Gasteiger partial charge in [-0.1, -0.05) is 18.2 Å². The van der Waals surface area contributed by atoms with Crippen molar-refractivity contribution in [3.63, 3.8) is 0 Å². The molecule has 0 saturated heterocycles. The molecule has 3 rings (SSSR count). The highest BCUT2D eigenvalue weighted by Crippen LogP contribution is 2.27. The van der Waals surface area contributed by atoms with Gasteiger partial charge in [-0.3, -0.25) is 0 Å². The number of ether oxygens (including phenoxy) is 1. The van der Waals surface area contributed by atoms with Gasteiger partial charge in [-0.05, 0) is 56.5 Å². The number of nitrogens with one attached hydrogen (secondary N) is 1. The molecule has 142 valence electrons. The molecule has 3 aromatic rings. The number of carbonyl (C=O) groups is 1. The summed E-state index contributed by atoms with van der Waals surface area (Å²) >= 11 is 0. The standard InChI is InChI=1S/C21H25N3O3/c1-6-27-21(25)16-10-18(20-19(11-16)24(26-5)15(4)23-20)22-12-17-13(2)8-7-9-14(17)3/h7-11,22H,6,12H2,1-5H3. The van der Waals surface area contributed by atoms with Gasteiger partial charge in [0.2, 0.25) is 0 Å². The predicted molar refractivity (Wildman–Crippen MR) is 106 cm³/mol. The van der Waals surface area contributed by atoms with Gasteiger partial charge in [-0.15, -0.1) is 0 Å². The number of benzene rings is 2. The quantitative estimate of drug-likeness (QED) is 0.671. The van der Waals surface area contributed by atoms with Gasteiger partial charge in [0.15, 0.2) is 0 Å². The molecule has 0 radical (unpaired) electrons. The fourth-order valence-corrected chi connectivity index (χ4v) is 3.28. The maximum absolute atomic E-state index is 12.3. The fourth-order valence-electron chi connectivity index (χ4n) is 3.28. The number of nitrogens with zero attached hydrogens (tertiary/aromatic N) is 2. The van der Waals surface area contributed by atoms with Crippen molar-refractivity contribution in [1.29, 1.82) is 0 Å². The topological polar surface area (TPSA) is 65.4 Å². The number of anilines is 1. The minimum atomic E-state index is -0.365. The first-order valence-electron chi connectivity index (χ1n) is 9.00. The third kappa shape index (κ3) is 3.60. The molecule has 6 nitrogen and oxygen atoms in total. The monoisotopic (exact) mass is 367 g/mol. The van der Waals surface area contributed by atoms with Gasteiger partial charge in [0.25, 0.3) is 0 Å². The van der Waals surface area contributed by atoms with Gasteiger partial charge in [-0.2, -0.15) is 4.73 Å². The summed E-state index contributed by atoms with van der Waals surface area (Å²) in [5, 5.41) is 3.45. The lowest BCUT2D eigenvalue weighted by atomic mass is 10.0. The number of hydrogen-bond donors (Lipinski definition) is 1. The molecule has 0 amide bonds. The van der Waals surface area contributed by atoms with Crippen LogP contribution in [0.3, 0.4) is 0 Å². The summed E-state index contributed by atoms with van der Waals surface area (Å²) in [6, 6.07) is 9.79. The van der Waals surface area contributed by atoms with E-state index in [4.69, 9.17) is 9.57 Å². The minimum absolute atomic E-state index is 0.324. The second-order valence-electron chi connectivity index (χ2n) is 6.47. The average molecular weight is 367 g/mol. The SMILES string of the molecule is CCOC(=O)c1cc(NCc2c(C)cccc2C)c2nc(C)n(OC)c2c1. The highest BCUT2D eigenvalue weighted by molar-refractivity contribution is 5.99. The van der Waals surface area contributed by atoms with E-state index in [2.05, 4.69) is 42.3 Å². The highest BCUT2D eigenvalue weighted by atomic mass is 16.6. The Hall–Kier alpha value is -3.02. The van der Waals surface area contributed by atoms with E-state index in [0.717, 1.165) is 16.7 Å². The molecule has 1 aromatic heterocycles. The van der Waals surface area contributed by atoms with E-state index >= 15 is 0 Å². The Labute approximate surface area is 159 Å². The van der Waals surface area contributed by atoms with Crippen molar-refractivity contribution in [2.24, 2.45) is 0 Å². The van der Waals surface area contributed by atoms with E-state index in [1.165, 1.54) is 16.7 Å². The Morgan fingerprint density at radius 2 is 1.89 bits per heavy atom. The lowest BCUT2D eigenvalue weighted by Crippen LogP contribution is -2.10. The Morgan fingerprint density at radius 1 is 1.19 bits per heavy atom. The summed E-state index contributed by atoms with van der Waals surface area (Å²) in [5.41, 5.74) is 6.40. The molecule has 0 spiro atoms. The second kappa shape index (κ2) is 7.70. The molecule has 0 unspecified atom stereocenters. The van der Waals surface area contributed by atoms with Gasteiger partial charge >= 0.3 is 5.97 Å². The van der Waals surface area contributed by atoms with E-state index in [9.17, 15) is 4.79 Å². The Bertz CT molecular complexity index is 972. The van der Waals surface area contributed by atoms with Crippen molar-refractivity contribution in [3.05, 3.63) is 58.4 Å². The molecule has 0 aliphatic rings. The van der Waals surface area contributed by atoms with Crippen LogP contribution in [-0.4, -0.2) is 29.4 Å². The lowest BCUT2D eigenvalue weighted by molar-refractivity contribution is 0.0526. The summed E-state index contributed by atoms with van der Waals surface area (Å²) in [7, 11) is 1.58. The van der Waals surface area contributed by atoms with Crippen LogP contribution in [0.4, 0.5) is 5.69 Å². The molecule has 0 atom stereocenters. The van der Waals surface area contributed by atoms with Gasteiger partial charge in [0.05, 0.1) is 17.9 Å². The Kier molecular flexibility index (Phi) is 5.35. The van der Waals surface area contributed by atoms with Crippen LogP contribution in [0.15, 0.2) is 30.3 Å². The number of rotatable bonds is 6. The van der Waals surface area contributed by atoms with E-state index in [1.54, 1.807) is 30.9 Å². The number of hydrogen-bond acceptors (Lipinski definition) is 5. The molecule has 6 heteroatoms. The van der Waals surface area contributed by atoms with Crippen molar-refractivity contribution in [2.75, 3.05) is 19.0 Å². The predicted octanol–water partition coefficient (Wildman–Crippen LogP) is 3.81. The van der Waals surface area contributed by atoms with Crippen molar-refractivity contribution in [3.8, 4) is 0 Å². The summed E-state index contributed by atoms with van der Waals surface area (Å²) in [4.78, 5) is 22.3. The van der Waals surface area contributed by atoms with Crippen molar-refractivity contribution < 1.29 is 14.4 Å². The number of imidazole rings is 1. The zero-order valence-corrected chi connectivity index (χ0v) is 16.4. The van der Waals surface area contributed by atoms with E-state index in [0.29, 0.717) is 24.5 Å². The summed E-state index contributed by atoms with van der Waals surface area (Å²) < 4.78 is 6.79. The number of carbonyl (C=O) groups excluding carboxylic acids is 1. The molecular weight excluding hydrogens is 342 g/mol. The first-order chi connectivity index (χ1) is 13.0.